The second-order valence-electron chi connectivity index (χ2n) is 3.95. The molecule has 22 heavy (non-hydrogen) atoms. The van der Waals surface area contributed by atoms with E-state index in [0.717, 1.165) is 0 Å². The van der Waals surface area contributed by atoms with Crippen LogP contribution in [0.1, 0.15) is 19.3 Å². The summed E-state index contributed by atoms with van der Waals surface area (Å²) in [6.45, 7) is 0.171. The van der Waals surface area contributed by atoms with Crippen LogP contribution in [0.15, 0.2) is 4.99 Å². The molecule has 0 fully saturated rings. The molecule has 12 heteroatoms. The maximum absolute atomic E-state index is 10.9. The quantitative estimate of drug-likeness (QED) is 0.130. The second kappa shape index (κ2) is 14.2. The minimum absolute atomic E-state index is 0. The zero-order chi connectivity index (χ0) is 15.7. The summed E-state index contributed by atoms with van der Waals surface area (Å²) < 4.78 is 0. The molecule has 0 saturated heterocycles. The summed E-state index contributed by atoms with van der Waals surface area (Å²) in [6.07, 6.45) is -0.601. The van der Waals surface area contributed by atoms with Crippen LogP contribution in [0, 0.1) is 0 Å². The maximum atomic E-state index is 10.9. The van der Waals surface area contributed by atoms with Gasteiger partial charge in [-0.2, -0.15) is 0 Å². The number of nitrogens with two attached hydrogens (primary N) is 2. The number of carboxylic acid groups (broad SMARTS) is 3. The molecule has 0 spiro atoms. The third-order valence-corrected chi connectivity index (χ3v) is 2.30. The number of hydrogen-bond donors (Lipinski definition) is 4. The van der Waals surface area contributed by atoms with Crippen LogP contribution in [0.25, 0.3) is 0 Å². The zero-order valence-corrected chi connectivity index (χ0v) is 16.6. The molecule has 0 aromatic carbocycles. The van der Waals surface area contributed by atoms with E-state index in [1.54, 1.807) is 0 Å². The molecular formula is C10H16N4Na2O6. The third kappa shape index (κ3) is 13.3. The fraction of sp³-hybridized carbons (Fsp3) is 0.600. The molecule has 0 aliphatic heterocycles. The van der Waals surface area contributed by atoms with Crippen LogP contribution in [-0.4, -0.2) is 47.6 Å². The standard InChI is InChI=1S/C10H18N4O6.2Na/c11-10(12)13-3-1-2-5(8(17)18)14-6(9(19)20)4-7(15)16;;/h5-6,14H,1-4H2,(H,15,16)(H,17,18)(H,19,20)(H4,11,12,13);;/q;2*+1/p-2/t5-,6?;;/m0../s1. The van der Waals surface area contributed by atoms with Crippen molar-refractivity contribution in [3.8, 4) is 0 Å². The van der Waals surface area contributed by atoms with Crippen molar-refractivity contribution in [2.45, 2.75) is 31.3 Å². The summed E-state index contributed by atoms with van der Waals surface area (Å²) in [5.74, 6) is -4.81. The smallest absolute Gasteiger partial charge is 0.550 e. The number of rotatable bonds is 10. The van der Waals surface area contributed by atoms with Crippen molar-refractivity contribution < 1.29 is 88.8 Å². The minimum atomic E-state index is -1.72. The topological polar surface area (TPSA) is 194 Å². The van der Waals surface area contributed by atoms with Gasteiger partial charge in [0.15, 0.2) is 5.96 Å². The summed E-state index contributed by atoms with van der Waals surface area (Å²) >= 11 is 0. The fourth-order valence-electron chi connectivity index (χ4n) is 1.40. The number of carbonyl (C=O) groups is 3. The van der Waals surface area contributed by atoms with Gasteiger partial charge < -0.3 is 36.4 Å². The molecule has 0 aromatic heterocycles. The molecule has 0 radical (unpaired) electrons. The van der Waals surface area contributed by atoms with Crippen LogP contribution in [0.4, 0.5) is 0 Å². The molecule has 0 rings (SSSR count). The first-order chi connectivity index (χ1) is 9.23. The van der Waals surface area contributed by atoms with Gasteiger partial charge in [0, 0.05) is 18.9 Å². The van der Waals surface area contributed by atoms with E-state index in [4.69, 9.17) is 16.6 Å². The van der Waals surface area contributed by atoms with Gasteiger partial charge in [0.05, 0.1) is 12.0 Å². The SMILES string of the molecule is NC(N)=NCCC[C@H](NC(CC(=O)[O-])C(=O)[O-])C(=O)O.[Na+].[Na+]. The van der Waals surface area contributed by atoms with Gasteiger partial charge in [-0.25, -0.2) is 0 Å². The van der Waals surface area contributed by atoms with Crippen LogP contribution in [0.3, 0.4) is 0 Å². The Morgan fingerprint density at radius 3 is 2.05 bits per heavy atom. The normalized spacial score (nSPS) is 12.0. The Hall–Kier alpha value is -0.360. The van der Waals surface area contributed by atoms with E-state index in [0.29, 0.717) is 0 Å². The van der Waals surface area contributed by atoms with E-state index >= 15 is 0 Å². The van der Waals surface area contributed by atoms with Gasteiger partial charge in [0.1, 0.15) is 6.04 Å². The Morgan fingerprint density at radius 2 is 1.68 bits per heavy atom. The maximum Gasteiger partial charge on any atom is 1.00 e. The Morgan fingerprint density at radius 1 is 1.14 bits per heavy atom. The molecule has 114 valence electrons. The van der Waals surface area contributed by atoms with E-state index in [1.165, 1.54) is 0 Å². The average Bonchev–Trinajstić information content (AvgIpc) is 2.30. The first-order valence-corrected chi connectivity index (χ1v) is 5.69. The third-order valence-electron chi connectivity index (χ3n) is 2.30. The summed E-state index contributed by atoms with van der Waals surface area (Å²) in [6, 6.07) is -2.91. The van der Waals surface area contributed by atoms with Crippen molar-refractivity contribution in [1.82, 2.24) is 5.32 Å². The van der Waals surface area contributed by atoms with Gasteiger partial charge in [0.2, 0.25) is 0 Å². The van der Waals surface area contributed by atoms with Crippen LogP contribution in [-0.2, 0) is 14.4 Å². The summed E-state index contributed by atoms with van der Waals surface area (Å²) in [7, 11) is 0. The van der Waals surface area contributed by atoms with Crippen molar-refractivity contribution in [3.05, 3.63) is 0 Å². The van der Waals surface area contributed by atoms with Gasteiger partial charge in [-0.15, -0.1) is 0 Å². The summed E-state index contributed by atoms with van der Waals surface area (Å²) in [5.41, 5.74) is 10.2. The van der Waals surface area contributed by atoms with Crippen molar-refractivity contribution >= 4 is 23.9 Å². The molecule has 0 aliphatic rings. The van der Waals surface area contributed by atoms with Crippen molar-refractivity contribution in [1.29, 1.82) is 0 Å². The number of aliphatic imine (C=N–C) groups is 1. The van der Waals surface area contributed by atoms with Gasteiger partial charge in [-0.3, -0.25) is 15.1 Å². The Labute approximate surface area is 171 Å². The number of nitrogens with one attached hydrogen (secondary N) is 1. The van der Waals surface area contributed by atoms with Crippen LogP contribution in [0.2, 0.25) is 0 Å². The number of guanidine groups is 1. The van der Waals surface area contributed by atoms with E-state index in [9.17, 15) is 24.6 Å². The molecule has 6 N–H and O–H groups in total. The first kappa shape index (κ1) is 26.5. The number of carboxylic acids is 3. The van der Waals surface area contributed by atoms with E-state index in [-0.39, 0.29) is 84.5 Å². The van der Waals surface area contributed by atoms with Crippen LogP contribution >= 0.6 is 0 Å². The molecule has 1 unspecified atom stereocenters. The Balaban J connectivity index is -0.00000180. The average molecular weight is 334 g/mol. The van der Waals surface area contributed by atoms with Gasteiger partial charge in [-0.05, 0) is 12.8 Å². The van der Waals surface area contributed by atoms with Gasteiger partial charge >= 0.3 is 65.1 Å². The molecule has 0 aliphatic carbocycles. The van der Waals surface area contributed by atoms with Gasteiger partial charge in [-0.1, -0.05) is 0 Å². The predicted octanol–water partition coefficient (Wildman–Crippen LogP) is -10.7. The van der Waals surface area contributed by atoms with Crippen molar-refractivity contribution in [2.24, 2.45) is 16.5 Å². The van der Waals surface area contributed by atoms with Crippen LogP contribution in [0.5, 0.6) is 0 Å². The molecule has 0 heterocycles. The second-order valence-corrected chi connectivity index (χ2v) is 3.95. The monoisotopic (exact) mass is 334 g/mol. The largest absolute Gasteiger partial charge is 1.00 e. The number of carbonyl (C=O) groups excluding carboxylic acids is 2. The number of nitrogens with zero attached hydrogens (tertiary/aromatic N) is 1. The van der Waals surface area contributed by atoms with Gasteiger partial charge in [0.25, 0.3) is 0 Å². The zero-order valence-electron chi connectivity index (χ0n) is 12.6. The molecule has 0 amide bonds. The summed E-state index contributed by atoms with van der Waals surface area (Å²) in [4.78, 5) is 35.7. The number of hydrogen-bond acceptors (Lipinski definition) is 7. The molecule has 0 saturated carbocycles. The fourth-order valence-corrected chi connectivity index (χ4v) is 1.40. The molecule has 2 atom stereocenters. The van der Waals surface area contributed by atoms with E-state index in [2.05, 4.69) is 10.3 Å². The molecule has 10 nitrogen and oxygen atoms in total. The molecular weight excluding hydrogens is 318 g/mol. The molecule has 0 bridgehead atoms. The summed E-state index contributed by atoms with van der Waals surface area (Å²) in [5, 5.41) is 32.2. The molecule has 0 aromatic rings. The Bertz CT molecular complexity index is 403. The minimum Gasteiger partial charge on any atom is -0.550 e. The first-order valence-electron chi connectivity index (χ1n) is 5.69. The van der Waals surface area contributed by atoms with Crippen LogP contribution < -0.4 is 86.1 Å². The van der Waals surface area contributed by atoms with Crippen molar-refractivity contribution in [2.75, 3.05) is 6.54 Å². The predicted molar refractivity (Wildman–Crippen MR) is 62.9 cm³/mol. The van der Waals surface area contributed by atoms with Crippen molar-refractivity contribution in [3.63, 3.8) is 0 Å². The van der Waals surface area contributed by atoms with E-state index < -0.39 is 36.4 Å². The van der Waals surface area contributed by atoms with E-state index in [1.807, 2.05) is 0 Å². The Kier molecular flexibility index (Phi) is 17.2. The number of aliphatic carboxylic acids is 3.